The van der Waals surface area contributed by atoms with Crippen LogP contribution in [0.2, 0.25) is 0 Å². The number of thiazole rings is 1. The van der Waals surface area contributed by atoms with Crippen LogP contribution < -0.4 is 4.74 Å². The van der Waals surface area contributed by atoms with Gasteiger partial charge in [-0.05, 0) is 19.1 Å². The number of Topliss-reactive ketones (excluding diaryl/α,β-unsaturated/α-hetero) is 1. The molecule has 0 fully saturated rings. The van der Waals surface area contributed by atoms with Crippen LogP contribution in [0.3, 0.4) is 0 Å². The third-order valence-corrected chi connectivity index (χ3v) is 3.65. The summed E-state index contributed by atoms with van der Waals surface area (Å²) in [5.41, 5.74) is 1.71. The van der Waals surface area contributed by atoms with Crippen LogP contribution in [0.1, 0.15) is 27.5 Å². The number of ether oxygens (including phenoxy) is 1. The van der Waals surface area contributed by atoms with Crippen LogP contribution in [0.25, 0.3) is 0 Å². The molecule has 4 heteroatoms. The van der Waals surface area contributed by atoms with Crippen LogP contribution in [0.15, 0.2) is 29.6 Å². The van der Waals surface area contributed by atoms with Crippen molar-refractivity contribution in [2.75, 3.05) is 7.11 Å². The fraction of sp³-hybridized carbons (Fsp3) is 0.286. The van der Waals surface area contributed by atoms with Crippen LogP contribution in [-0.4, -0.2) is 17.9 Å². The first-order chi connectivity index (χ1) is 8.69. The Hall–Kier alpha value is -1.68. The Balaban J connectivity index is 1.99. The highest BCUT2D eigenvalue weighted by Gasteiger charge is 2.08. The maximum atomic E-state index is 12.0. The summed E-state index contributed by atoms with van der Waals surface area (Å²) in [5, 5.41) is 3.02. The fourth-order valence-corrected chi connectivity index (χ4v) is 2.45. The smallest absolute Gasteiger partial charge is 0.163 e. The van der Waals surface area contributed by atoms with Gasteiger partial charge in [0.25, 0.3) is 0 Å². The fourth-order valence-electron chi connectivity index (χ4n) is 1.68. The summed E-state index contributed by atoms with van der Waals surface area (Å²) in [5.74, 6) is 0.840. The van der Waals surface area contributed by atoms with Gasteiger partial charge >= 0.3 is 0 Å². The van der Waals surface area contributed by atoms with Crippen LogP contribution in [0.5, 0.6) is 5.75 Å². The van der Waals surface area contributed by atoms with E-state index < -0.39 is 0 Å². The second-order valence-electron chi connectivity index (χ2n) is 4.04. The zero-order valence-electron chi connectivity index (χ0n) is 10.5. The van der Waals surface area contributed by atoms with Crippen molar-refractivity contribution in [2.45, 2.75) is 19.8 Å². The Bertz CT molecular complexity index is 548. The van der Waals surface area contributed by atoms with Gasteiger partial charge in [-0.25, -0.2) is 4.98 Å². The number of aryl methyl sites for hydroxylation is 2. The van der Waals surface area contributed by atoms with E-state index in [4.69, 9.17) is 4.74 Å². The maximum Gasteiger partial charge on any atom is 0.163 e. The Kier molecular flexibility index (Phi) is 4.10. The number of rotatable bonds is 5. The van der Waals surface area contributed by atoms with Gasteiger partial charge in [0.1, 0.15) is 5.75 Å². The number of nitrogens with zero attached hydrogens (tertiary/aromatic N) is 1. The van der Waals surface area contributed by atoms with Crippen molar-refractivity contribution in [3.8, 4) is 5.75 Å². The van der Waals surface area contributed by atoms with Crippen molar-refractivity contribution in [3.63, 3.8) is 0 Å². The van der Waals surface area contributed by atoms with Crippen LogP contribution >= 0.6 is 11.3 Å². The summed E-state index contributed by atoms with van der Waals surface area (Å²) in [7, 11) is 1.60. The van der Waals surface area contributed by atoms with Crippen molar-refractivity contribution in [2.24, 2.45) is 0 Å². The summed E-state index contributed by atoms with van der Waals surface area (Å²) >= 11 is 1.61. The number of methoxy groups -OCH3 is 1. The molecular formula is C14H15NO2S. The lowest BCUT2D eigenvalue weighted by atomic mass is 10.1. The summed E-state index contributed by atoms with van der Waals surface area (Å²) in [6.07, 6.45) is 1.19. The molecule has 3 nitrogen and oxygen atoms in total. The Labute approximate surface area is 110 Å². The van der Waals surface area contributed by atoms with Gasteiger partial charge in [-0.2, -0.15) is 0 Å². The van der Waals surface area contributed by atoms with E-state index in [0.717, 1.165) is 10.7 Å². The number of carbonyl (C=O) groups excluding carboxylic acids is 1. The molecule has 94 valence electrons. The number of carbonyl (C=O) groups is 1. The van der Waals surface area contributed by atoms with Crippen LogP contribution in [0, 0.1) is 6.92 Å². The van der Waals surface area contributed by atoms with E-state index in [0.29, 0.717) is 24.2 Å². The molecule has 0 aliphatic heterocycles. The first kappa shape index (κ1) is 12.8. The van der Waals surface area contributed by atoms with Gasteiger partial charge in [0.15, 0.2) is 5.78 Å². The van der Waals surface area contributed by atoms with Crippen molar-refractivity contribution >= 4 is 17.1 Å². The average molecular weight is 261 g/mol. The Morgan fingerprint density at radius 3 is 2.94 bits per heavy atom. The molecule has 18 heavy (non-hydrogen) atoms. The second kappa shape index (κ2) is 5.78. The normalized spacial score (nSPS) is 10.3. The van der Waals surface area contributed by atoms with Crippen LogP contribution in [-0.2, 0) is 6.42 Å². The van der Waals surface area contributed by atoms with Crippen molar-refractivity contribution in [1.82, 2.24) is 4.98 Å². The van der Waals surface area contributed by atoms with E-state index in [1.807, 2.05) is 30.5 Å². The third kappa shape index (κ3) is 3.17. The molecule has 0 N–H and O–H groups in total. The molecule has 0 unspecified atom stereocenters. The Morgan fingerprint density at radius 2 is 2.28 bits per heavy atom. The lowest BCUT2D eigenvalue weighted by molar-refractivity contribution is 0.0982. The van der Waals surface area contributed by atoms with Gasteiger partial charge in [-0.3, -0.25) is 4.79 Å². The summed E-state index contributed by atoms with van der Waals surface area (Å²) in [4.78, 5) is 16.4. The minimum Gasteiger partial charge on any atom is -0.497 e. The number of ketones is 1. The topological polar surface area (TPSA) is 39.2 Å². The highest BCUT2D eigenvalue weighted by molar-refractivity contribution is 7.09. The largest absolute Gasteiger partial charge is 0.497 e. The van der Waals surface area contributed by atoms with Crippen LogP contribution in [0.4, 0.5) is 0 Å². The highest BCUT2D eigenvalue weighted by Crippen LogP contribution is 2.16. The number of hydrogen-bond donors (Lipinski definition) is 0. The number of aromatic nitrogens is 1. The molecule has 1 aromatic carbocycles. The maximum absolute atomic E-state index is 12.0. The first-order valence-corrected chi connectivity index (χ1v) is 6.65. The van der Waals surface area contributed by atoms with Gasteiger partial charge in [0, 0.05) is 29.5 Å². The zero-order valence-corrected chi connectivity index (χ0v) is 11.3. The average Bonchev–Trinajstić information content (AvgIpc) is 2.82. The molecule has 2 rings (SSSR count). The first-order valence-electron chi connectivity index (χ1n) is 5.77. The van der Waals surface area contributed by atoms with Gasteiger partial charge < -0.3 is 4.74 Å². The predicted molar refractivity (Wildman–Crippen MR) is 72.5 cm³/mol. The third-order valence-electron chi connectivity index (χ3n) is 2.62. The summed E-state index contributed by atoms with van der Waals surface area (Å²) in [6, 6.07) is 7.26. The lowest BCUT2D eigenvalue weighted by Crippen LogP contribution is -2.01. The molecule has 0 bridgehead atoms. The molecule has 2 aromatic rings. The van der Waals surface area contributed by atoms with E-state index in [1.165, 1.54) is 0 Å². The monoisotopic (exact) mass is 261 g/mol. The molecule has 0 spiro atoms. The zero-order chi connectivity index (χ0) is 13.0. The summed E-state index contributed by atoms with van der Waals surface area (Å²) < 4.78 is 5.11. The molecule has 1 aromatic heterocycles. The molecule has 0 saturated carbocycles. The molecule has 1 heterocycles. The molecular weight excluding hydrogens is 246 g/mol. The van der Waals surface area contributed by atoms with Gasteiger partial charge in [0.05, 0.1) is 12.1 Å². The SMILES string of the molecule is COc1cccc(C(=O)CCc2nc(C)cs2)c1. The molecule has 0 aliphatic rings. The second-order valence-corrected chi connectivity index (χ2v) is 4.98. The van der Waals surface area contributed by atoms with Gasteiger partial charge in [0.2, 0.25) is 0 Å². The van der Waals surface area contributed by atoms with Gasteiger partial charge in [-0.15, -0.1) is 11.3 Å². The van der Waals surface area contributed by atoms with Gasteiger partial charge in [-0.1, -0.05) is 12.1 Å². The lowest BCUT2D eigenvalue weighted by Gasteiger charge is -2.03. The minimum absolute atomic E-state index is 0.127. The quantitative estimate of drug-likeness (QED) is 0.775. The van der Waals surface area contributed by atoms with E-state index in [2.05, 4.69) is 4.98 Å². The minimum atomic E-state index is 0.127. The highest BCUT2D eigenvalue weighted by atomic mass is 32.1. The van der Waals surface area contributed by atoms with Crippen molar-refractivity contribution in [1.29, 1.82) is 0 Å². The molecule has 0 aliphatic carbocycles. The number of hydrogen-bond acceptors (Lipinski definition) is 4. The van der Waals surface area contributed by atoms with Crippen molar-refractivity contribution < 1.29 is 9.53 Å². The van der Waals surface area contributed by atoms with E-state index in [9.17, 15) is 4.79 Å². The molecule has 0 saturated heterocycles. The van der Waals surface area contributed by atoms with Crippen molar-refractivity contribution in [3.05, 3.63) is 45.9 Å². The van der Waals surface area contributed by atoms with E-state index in [-0.39, 0.29) is 5.78 Å². The molecule has 0 atom stereocenters. The standard InChI is InChI=1S/C14H15NO2S/c1-10-9-18-14(15-10)7-6-13(16)11-4-3-5-12(8-11)17-2/h3-5,8-9H,6-7H2,1-2H3. The predicted octanol–water partition coefficient (Wildman–Crippen LogP) is 3.28. The summed E-state index contributed by atoms with van der Waals surface area (Å²) in [6.45, 7) is 1.96. The van der Waals surface area contributed by atoms with E-state index >= 15 is 0 Å². The molecule has 0 radical (unpaired) electrons. The van der Waals surface area contributed by atoms with E-state index in [1.54, 1.807) is 24.5 Å². The number of benzene rings is 1. The molecule has 0 amide bonds. The Morgan fingerprint density at radius 1 is 1.44 bits per heavy atom.